The van der Waals surface area contributed by atoms with Gasteiger partial charge in [0.1, 0.15) is 17.9 Å². The first-order valence-corrected chi connectivity index (χ1v) is 9.56. The Morgan fingerprint density at radius 3 is 2.80 bits per heavy atom. The van der Waals surface area contributed by atoms with E-state index in [1.807, 2.05) is 72.5 Å². The molecule has 0 atom stereocenters. The Hall–Kier alpha value is -4.13. The lowest BCUT2D eigenvalue weighted by Crippen LogP contribution is -2.00. The third kappa shape index (κ3) is 4.47. The summed E-state index contributed by atoms with van der Waals surface area (Å²) in [6.07, 6.45) is 8.83. The van der Waals surface area contributed by atoms with Gasteiger partial charge in [0.05, 0.1) is 18.3 Å². The van der Waals surface area contributed by atoms with Gasteiger partial charge >= 0.3 is 0 Å². The molecular formula is C23H22N6O. The molecule has 2 aromatic carbocycles. The van der Waals surface area contributed by atoms with Crippen molar-refractivity contribution < 1.29 is 4.74 Å². The molecule has 30 heavy (non-hydrogen) atoms. The van der Waals surface area contributed by atoms with Crippen LogP contribution >= 0.6 is 0 Å². The maximum absolute atomic E-state index is 6.17. The third-order valence-electron chi connectivity index (χ3n) is 4.42. The first-order valence-electron chi connectivity index (χ1n) is 9.56. The topological polar surface area (TPSA) is 90.9 Å². The molecule has 4 aromatic rings. The number of nitrogens with zero attached hydrogens (tertiary/aromatic N) is 4. The van der Waals surface area contributed by atoms with Crippen LogP contribution in [0, 0.1) is 0 Å². The second-order valence-corrected chi connectivity index (χ2v) is 6.63. The van der Waals surface area contributed by atoms with E-state index in [0.717, 1.165) is 16.8 Å². The van der Waals surface area contributed by atoms with Crippen LogP contribution in [-0.2, 0) is 6.54 Å². The predicted octanol–water partition coefficient (Wildman–Crippen LogP) is 4.71. The maximum atomic E-state index is 6.17. The molecule has 0 saturated heterocycles. The van der Waals surface area contributed by atoms with Gasteiger partial charge in [0.2, 0.25) is 5.88 Å². The number of hydrogen-bond donors (Lipinski definition) is 2. The molecule has 7 heteroatoms. The summed E-state index contributed by atoms with van der Waals surface area (Å²) in [7, 11) is 0. The minimum atomic E-state index is 0.336. The lowest BCUT2D eigenvalue weighted by molar-refractivity contribution is 0.464. The van der Waals surface area contributed by atoms with E-state index >= 15 is 0 Å². The molecule has 150 valence electrons. The SMILES string of the molecule is CC=CNc1cccc(Oc2ncnc(N)c2-c2cnn(Cc3ccccc3)c2)c1. The molecular weight excluding hydrogens is 376 g/mol. The van der Waals surface area contributed by atoms with Crippen LogP contribution in [0.25, 0.3) is 11.1 Å². The highest BCUT2D eigenvalue weighted by Crippen LogP contribution is 2.35. The van der Waals surface area contributed by atoms with Crippen LogP contribution < -0.4 is 15.8 Å². The summed E-state index contributed by atoms with van der Waals surface area (Å²) in [6, 6.07) is 17.7. The van der Waals surface area contributed by atoms with Crippen LogP contribution in [0.1, 0.15) is 12.5 Å². The van der Waals surface area contributed by atoms with Crippen molar-refractivity contribution in [2.75, 3.05) is 11.1 Å². The molecule has 0 fully saturated rings. The molecule has 0 aliphatic rings. The van der Waals surface area contributed by atoms with Crippen LogP contribution in [0.2, 0.25) is 0 Å². The molecule has 7 nitrogen and oxygen atoms in total. The zero-order valence-electron chi connectivity index (χ0n) is 16.6. The van der Waals surface area contributed by atoms with Gasteiger partial charge in [0.25, 0.3) is 0 Å². The summed E-state index contributed by atoms with van der Waals surface area (Å²) in [5.74, 6) is 1.35. The molecule has 0 spiro atoms. The van der Waals surface area contributed by atoms with Gasteiger partial charge in [-0.2, -0.15) is 5.10 Å². The molecule has 0 unspecified atom stereocenters. The van der Waals surface area contributed by atoms with Crippen LogP contribution in [0.4, 0.5) is 11.5 Å². The largest absolute Gasteiger partial charge is 0.438 e. The number of hydrogen-bond acceptors (Lipinski definition) is 6. The molecule has 2 aromatic heterocycles. The van der Waals surface area contributed by atoms with Crippen molar-refractivity contribution in [2.45, 2.75) is 13.5 Å². The van der Waals surface area contributed by atoms with Crippen molar-refractivity contribution in [1.29, 1.82) is 0 Å². The van der Waals surface area contributed by atoms with E-state index in [1.54, 1.807) is 6.20 Å². The average molecular weight is 398 g/mol. The molecule has 0 aliphatic carbocycles. The second-order valence-electron chi connectivity index (χ2n) is 6.63. The van der Waals surface area contributed by atoms with Crippen LogP contribution in [-0.4, -0.2) is 19.7 Å². The number of benzene rings is 2. The molecule has 0 aliphatic heterocycles. The first kappa shape index (κ1) is 19.2. The first-order chi connectivity index (χ1) is 14.7. The van der Waals surface area contributed by atoms with E-state index in [4.69, 9.17) is 10.5 Å². The van der Waals surface area contributed by atoms with Gasteiger partial charge in [0.15, 0.2) is 0 Å². The fourth-order valence-corrected chi connectivity index (χ4v) is 3.02. The molecule has 0 radical (unpaired) electrons. The fourth-order valence-electron chi connectivity index (χ4n) is 3.02. The van der Waals surface area contributed by atoms with E-state index in [1.165, 1.54) is 6.33 Å². The standard InChI is InChI=1S/C23H22N6O/c1-2-11-25-19-9-6-10-20(12-19)30-23-21(22(24)26-16-27-23)18-13-28-29(15-18)14-17-7-4-3-5-8-17/h2-13,15-16,25H,14H2,1H3,(H2,24,26,27). The average Bonchev–Trinajstić information content (AvgIpc) is 3.21. The molecule has 4 rings (SSSR count). The number of nitrogens with one attached hydrogen (secondary N) is 1. The number of nitrogens with two attached hydrogens (primary N) is 1. The Morgan fingerprint density at radius 2 is 1.97 bits per heavy atom. The second kappa shape index (κ2) is 8.91. The summed E-state index contributed by atoms with van der Waals surface area (Å²) in [4.78, 5) is 8.45. The normalized spacial score (nSPS) is 11.0. The fraction of sp³-hybridized carbons (Fsp3) is 0.0870. The summed E-state index contributed by atoms with van der Waals surface area (Å²) in [5, 5.41) is 7.63. The molecule has 3 N–H and O–H groups in total. The van der Waals surface area contributed by atoms with E-state index in [2.05, 4.69) is 32.5 Å². The molecule has 0 bridgehead atoms. The minimum absolute atomic E-state index is 0.336. The zero-order valence-corrected chi connectivity index (χ0v) is 16.6. The van der Waals surface area contributed by atoms with Gasteiger partial charge in [-0.1, -0.05) is 42.5 Å². The van der Waals surface area contributed by atoms with Crippen molar-refractivity contribution in [3.8, 4) is 22.8 Å². The van der Waals surface area contributed by atoms with Gasteiger partial charge < -0.3 is 15.8 Å². The van der Waals surface area contributed by atoms with Crippen molar-refractivity contribution in [3.63, 3.8) is 0 Å². The van der Waals surface area contributed by atoms with Crippen LogP contribution in [0.5, 0.6) is 11.6 Å². The van der Waals surface area contributed by atoms with Gasteiger partial charge in [-0.05, 0) is 30.8 Å². The molecule has 0 amide bonds. The van der Waals surface area contributed by atoms with E-state index in [-0.39, 0.29) is 0 Å². The quantitative estimate of drug-likeness (QED) is 0.469. The van der Waals surface area contributed by atoms with Gasteiger partial charge in [-0.3, -0.25) is 4.68 Å². The maximum Gasteiger partial charge on any atom is 0.232 e. The number of rotatable bonds is 7. The summed E-state index contributed by atoms with van der Waals surface area (Å²) >= 11 is 0. The Kier molecular flexibility index (Phi) is 5.70. The summed E-state index contributed by atoms with van der Waals surface area (Å²) in [6.45, 7) is 2.60. The van der Waals surface area contributed by atoms with E-state index < -0.39 is 0 Å². The predicted molar refractivity (Wildman–Crippen MR) is 118 cm³/mol. The van der Waals surface area contributed by atoms with Gasteiger partial charge in [-0.15, -0.1) is 0 Å². The van der Waals surface area contributed by atoms with Gasteiger partial charge in [-0.25, -0.2) is 9.97 Å². The summed E-state index contributed by atoms with van der Waals surface area (Å²) in [5.41, 5.74) is 9.65. The van der Waals surface area contributed by atoms with Crippen LogP contribution in [0.3, 0.4) is 0 Å². The third-order valence-corrected chi connectivity index (χ3v) is 4.42. The van der Waals surface area contributed by atoms with Crippen molar-refractivity contribution in [2.24, 2.45) is 0 Å². The Balaban J connectivity index is 1.61. The number of aromatic nitrogens is 4. The Bertz CT molecular complexity index is 1150. The minimum Gasteiger partial charge on any atom is -0.438 e. The van der Waals surface area contributed by atoms with Crippen LogP contribution in [0.15, 0.2) is 85.6 Å². The Morgan fingerprint density at radius 1 is 1.10 bits per heavy atom. The number of allylic oxidation sites excluding steroid dienone is 1. The number of anilines is 2. The number of nitrogen functional groups attached to an aromatic ring is 1. The lowest BCUT2D eigenvalue weighted by atomic mass is 10.1. The Labute approximate surface area is 174 Å². The highest BCUT2D eigenvalue weighted by molar-refractivity contribution is 5.77. The zero-order chi connectivity index (χ0) is 20.8. The van der Waals surface area contributed by atoms with Gasteiger partial charge in [0, 0.05) is 23.5 Å². The van der Waals surface area contributed by atoms with Crippen molar-refractivity contribution in [1.82, 2.24) is 19.7 Å². The van der Waals surface area contributed by atoms with Crippen molar-refractivity contribution in [3.05, 3.63) is 91.2 Å². The number of ether oxygens (including phenoxy) is 1. The lowest BCUT2D eigenvalue weighted by Gasteiger charge is -2.11. The molecule has 2 heterocycles. The highest BCUT2D eigenvalue weighted by atomic mass is 16.5. The monoisotopic (exact) mass is 398 g/mol. The molecule has 0 saturated carbocycles. The van der Waals surface area contributed by atoms with E-state index in [9.17, 15) is 0 Å². The van der Waals surface area contributed by atoms with Crippen molar-refractivity contribution >= 4 is 11.5 Å². The highest BCUT2D eigenvalue weighted by Gasteiger charge is 2.16. The van der Waals surface area contributed by atoms with E-state index in [0.29, 0.717) is 29.6 Å². The smallest absolute Gasteiger partial charge is 0.232 e. The summed E-state index contributed by atoms with van der Waals surface area (Å²) < 4.78 is 7.91.